The summed E-state index contributed by atoms with van der Waals surface area (Å²) in [6.45, 7) is 4.43. The van der Waals surface area contributed by atoms with Crippen LogP contribution in [-0.2, 0) is 6.42 Å². The van der Waals surface area contributed by atoms with E-state index in [1.807, 2.05) is 0 Å². The highest BCUT2D eigenvalue weighted by atomic mass is 32.2. The number of aryl methyl sites for hydroxylation is 1. The first-order valence-corrected chi connectivity index (χ1v) is 7.40. The van der Waals surface area contributed by atoms with Crippen molar-refractivity contribution in [3.05, 3.63) is 35.4 Å². The maximum absolute atomic E-state index is 8.53. The highest BCUT2D eigenvalue weighted by Crippen LogP contribution is 2.25. The monoisotopic (exact) mass is 247 g/mol. The zero-order valence-electron chi connectivity index (χ0n) is 10.8. The zero-order valence-corrected chi connectivity index (χ0v) is 11.6. The molecule has 92 valence electrons. The Balaban J connectivity index is 2.59. The van der Waals surface area contributed by atoms with Crippen molar-refractivity contribution in [1.82, 2.24) is 0 Å². The van der Waals surface area contributed by atoms with Crippen LogP contribution in [0.1, 0.15) is 50.2 Å². The van der Waals surface area contributed by atoms with Gasteiger partial charge in [0.25, 0.3) is 0 Å². The van der Waals surface area contributed by atoms with Gasteiger partial charge in [0.2, 0.25) is 0 Å². The molecule has 0 saturated carbocycles. The average molecular weight is 247 g/mol. The second-order valence-electron chi connectivity index (χ2n) is 4.33. The van der Waals surface area contributed by atoms with Crippen LogP contribution in [0.25, 0.3) is 0 Å². The lowest BCUT2D eigenvalue weighted by Gasteiger charge is -2.14. The van der Waals surface area contributed by atoms with Crippen molar-refractivity contribution < 1.29 is 0 Å². The molecule has 0 amide bonds. The van der Waals surface area contributed by atoms with E-state index in [1.54, 1.807) is 0 Å². The van der Waals surface area contributed by atoms with Crippen LogP contribution >= 0.6 is 11.8 Å². The van der Waals surface area contributed by atoms with Gasteiger partial charge in [0.05, 0.1) is 0 Å². The molecular formula is C15H21NS. The Bertz CT molecular complexity index is 350. The van der Waals surface area contributed by atoms with Crippen LogP contribution in [0.2, 0.25) is 0 Å². The van der Waals surface area contributed by atoms with E-state index in [2.05, 4.69) is 43.5 Å². The van der Waals surface area contributed by atoms with Crippen molar-refractivity contribution in [2.75, 3.05) is 5.75 Å². The Morgan fingerprint density at radius 1 is 1.24 bits per heavy atom. The summed E-state index contributed by atoms with van der Waals surface area (Å²) in [5, 5.41) is 10.7. The summed E-state index contributed by atoms with van der Waals surface area (Å²) in [6, 6.07) is 9.02. The minimum atomic E-state index is 0.603. The minimum absolute atomic E-state index is 0.603. The molecule has 0 fully saturated rings. The van der Waals surface area contributed by atoms with Crippen molar-refractivity contribution in [2.24, 2.45) is 0 Å². The molecule has 2 heteroatoms. The van der Waals surface area contributed by atoms with Crippen molar-refractivity contribution in [3.8, 4) is 5.40 Å². The van der Waals surface area contributed by atoms with E-state index in [-0.39, 0.29) is 0 Å². The summed E-state index contributed by atoms with van der Waals surface area (Å²) >= 11 is 1.36. The normalized spacial score (nSPS) is 12.1. The van der Waals surface area contributed by atoms with E-state index < -0.39 is 0 Å². The summed E-state index contributed by atoms with van der Waals surface area (Å²) in [6.07, 6.45) is 4.62. The molecule has 0 aliphatic carbocycles. The highest BCUT2D eigenvalue weighted by Gasteiger charge is 2.08. The molecule has 0 saturated heterocycles. The zero-order chi connectivity index (χ0) is 12.5. The van der Waals surface area contributed by atoms with Crippen molar-refractivity contribution in [2.45, 2.75) is 45.4 Å². The lowest BCUT2D eigenvalue weighted by Crippen LogP contribution is -1.99. The van der Waals surface area contributed by atoms with Crippen LogP contribution in [0.15, 0.2) is 24.3 Å². The van der Waals surface area contributed by atoms with Crippen LogP contribution in [0.5, 0.6) is 0 Å². The summed E-state index contributed by atoms with van der Waals surface area (Å²) in [5.41, 5.74) is 2.85. The summed E-state index contributed by atoms with van der Waals surface area (Å²) in [4.78, 5) is 0. The summed E-state index contributed by atoms with van der Waals surface area (Å²) in [5.74, 6) is 1.54. The number of thioether (sulfide) groups is 1. The first kappa shape index (κ1) is 14.1. The first-order valence-electron chi connectivity index (χ1n) is 6.41. The second kappa shape index (κ2) is 8.20. The summed E-state index contributed by atoms with van der Waals surface area (Å²) in [7, 11) is 0. The quantitative estimate of drug-likeness (QED) is 0.513. The van der Waals surface area contributed by atoms with Crippen LogP contribution in [0, 0.1) is 10.7 Å². The van der Waals surface area contributed by atoms with Crippen molar-refractivity contribution in [1.29, 1.82) is 5.26 Å². The van der Waals surface area contributed by atoms with Gasteiger partial charge < -0.3 is 0 Å². The molecule has 1 aromatic rings. The lowest BCUT2D eigenvalue weighted by molar-refractivity contribution is 0.647. The molecule has 1 rings (SSSR count). The summed E-state index contributed by atoms with van der Waals surface area (Å²) < 4.78 is 0. The predicted octanol–water partition coefficient (Wildman–Crippen LogP) is 4.74. The maximum atomic E-state index is 8.53. The van der Waals surface area contributed by atoms with Crippen LogP contribution in [-0.4, -0.2) is 5.75 Å². The number of thiocyanates is 1. The predicted molar refractivity (Wildman–Crippen MR) is 76.2 cm³/mol. The Kier molecular flexibility index (Phi) is 6.81. The maximum Gasteiger partial charge on any atom is 0.133 e. The van der Waals surface area contributed by atoms with Gasteiger partial charge in [-0.15, -0.1) is 0 Å². The molecule has 0 radical (unpaired) electrons. The number of nitriles is 1. The Hall–Kier alpha value is -0.940. The Morgan fingerprint density at radius 2 is 1.94 bits per heavy atom. The minimum Gasteiger partial charge on any atom is -0.185 e. The number of nitrogens with zero attached hydrogens (tertiary/aromatic N) is 1. The van der Waals surface area contributed by atoms with Gasteiger partial charge in [-0.2, -0.15) is 5.26 Å². The molecule has 17 heavy (non-hydrogen) atoms. The molecule has 0 aliphatic rings. The van der Waals surface area contributed by atoms with E-state index in [9.17, 15) is 0 Å². The molecule has 1 aromatic carbocycles. The Morgan fingerprint density at radius 3 is 2.47 bits per heavy atom. The fourth-order valence-electron chi connectivity index (χ4n) is 2.10. The lowest BCUT2D eigenvalue weighted by atomic mass is 9.93. The largest absolute Gasteiger partial charge is 0.185 e. The molecule has 1 unspecified atom stereocenters. The average Bonchev–Trinajstić information content (AvgIpc) is 2.36. The van der Waals surface area contributed by atoms with Crippen molar-refractivity contribution in [3.63, 3.8) is 0 Å². The second-order valence-corrected chi connectivity index (χ2v) is 5.20. The van der Waals surface area contributed by atoms with Gasteiger partial charge in [0.15, 0.2) is 0 Å². The van der Waals surface area contributed by atoms with Gasteiger partial charge in [0.1, 0.15) is 5.40 Å². The van der Waals surface area contributed by atoms with Crippen LogP contribution in [0.4, 0.5) is 0 Å². The molecule has 0 spiro atoms. The number of hydrogen-bond donors (Lipinski definition) is 0. The third-order valence-electron chi connectivity index (χ3n) is 3.12. The highest BCUT2D eigenvalue weighted by molar-refractivity contribution is 8.03. The molecule has 1 nitrogen and oxygen atoms in total. The number of rotatable bonds is 7. The van der Waals surface area contributed by atoms with Gasteiger partial charge in [-0.3, -0.25) is 0 Å². The fraction of sp³-hybridized carbons (Fsp3) is 0.533. The molecule has 1 atom stereocenters. The number of hydrogen-bond acceptors (Lipinski definition) is 2. The third-order valence-corrected chi connectivity index (χ3v) is 3.68. The van der Waals surface area contributed by atoms with E-state index in [0.29, 0.717) is 5.92 Å². The number of benzene rings is 1. The molecule has 0 N–H and O–H groups in total. The van der Waals surface area contributed by atoms with Crippen LogP contribution < -0.4 is 0 Å². The SMILES string of the molecule is CCCc1ccc(C(CC)CCSC#N)cc1. The molecule has 0 aromatic heterocycles. The van der Waals surface area contributed by atoms with Crippen LogP contribution in [0.3, 0.4) is 0 Å². The fourth-order valence-corrected chi connectivity index (χ4v) is 2.59. The Labute approximate surface area is 109 Å². The standard InChI is InChI=1S/C15H21NS/c1-3-5-13-6-8-15(9-7-13)14(4-2)10-11-17-12-16/h6-9,14H,3-5,10-11H2,1-2H3. The first-order chi connectivity index (χ1) is 8.31. The van der Waals surface area contributed by atoms with E-state index in [1.165, 1.54) is 35.7 Å². The molecule has 0 aliphatic heterocycles. The topological polar surface area (TPSA) is 23.8 Å². The van der Waals surface area contributed by atoms with E-state index in [0.717, 1.165) is 18.6 Å². The van der Waals surface area contributed by atoms with Gasteiger partial charge in [-0.25, -0.2) is 0 Å². The molecule has 0 bridgehead atoms. The molecular weight excluding hydrogens is 226 g/mol. The van der Waals surface area contributed by atoms with Crippen molar-refractivity contribution >= 4 is 11.8 Å². The van der Waals surface area contributed by atoms with Gasteiger partial charge >= 0.3 is 0 Å². The van der Waals surface area contributed by atoms with Gasteiger partial charge in [-0.05, 0) is 48.1 Å². The van der Waals surface area contributed by atoms with Gasteiger partial charge in [0, 0.05) is 5.75 Å². The van der Waals surface area contributed by atoms with E-state index in [4.69, 9.17) is 5.26 Å². The smallest absolute Gasteiger partial charge is 0.133 e. The van der Waals surface area contributed by atoms with Gasteiger partial charge in [-0.1, -0.05) is 44.5 Å². The van der Waals surface area contributed by atoms with E-state index >= 15 is 0 Å². The third kappa shape index (κ3) is 4.83. The molecule has 0 heterocycles.